The van der Waals surface area contributed by atoms with Gasteiger partial charge in [-0.15, -0.1) is 0 Å². The summed E-state index contributed by atoms with van der Waals surface area (Å²) in [6.07, 6.45) is 14.8. The Morgan fingerprint density at radius 1 is 1.41 bits per heavy atom. The standard InChI is InChI=1S/C18H23NO2S/c1-3-22-16-10-15(11-19-17(16)18(20)21-2)14-8-6-13(7-9-14)12-4-5-12/h6-8,10-12,14,16-17H,3-5,9H2,1-2H3. The van der Waals surface area contributed by atoms with Crippen molar-refractivity contribution >= 4 is 23.9 Å². The third kappa shape index (κ3) is 3.37. The minimum atomic E-state index is -0.399. The molecule has 0 amide bonds. The zero-order chi connectivity index (χ0) is 15.5. The molecule has 0 aromatic rings. The zero-order valence-corrected chi connectivity index (χ0v) is 14.0. The SMILES string of the molecule is CCSC1C=C(C2C=CC(C3CC3)=CC2)C=NC1C(=O)OC. The number of dihydropyridines is 1. The van der Waals surface area contributed by atoms with Crippen molar-refractivity contribution in [2.45, 2.75) is 37.5 Å². The number of nitrogens with zero attached hydrogens (tertiary/aromatic N) is 1. The van der Waals surface area contributed by atoms with Crippen LogP contribution in [0.4, 0.5) is 0 Å². The molecule has 4 heteroatoms. The summed E-state index contributed by atoms with van der Waals surface area (Å²) in [6, 6.07) is -0.399. The van der Waals surface area contributed by atoms with Crippen LogP contribution in [0, 0.1) is 11.8 Å². The molecule has 3 atom stereocenters. The van der Waals surface area contributed by atoms with Crippen molar-refractivity contribution in [3.8, 4) is 0 Å². The zero-order valence-electron chi connectivity index (χ0n) is 13.2. The number of esters is 1. The molecule has 1 aliphatic heterocycles. The van der Waals surface area contributed by atoms with Crippen molar-refractivity contribution in [1.29, 1.82) is 0 Å². The highest BCUT2D eigenvalue weighted by molar-refractivity contribution is 8.00. The van der Waals surface area contributed by atoms with E-state index < -0.39 is 6.04 Å². The summed E-state index contributed by atoms with van der Waals surface area (Å²) in [5.74, 6) is 1.93. The van der Waals surface area contributed by atoms with Gasteiger partial charge in [0.2, 0.25) is 0 Å². The lowest BCUT2D eigenvalue weighted by molar-refractivity contribution is -0.141. The molecule has 0 spiro atoms. The lowest BCUT2D eigenvalue weighted by atomic mass is 9.87. The van der Waals surface area contributed by atoms with Gasteiger partial charge in [-0.25, -0.2) is 4.79 Å². The quantitative estimate of drug-likeness (QED) is 0.728. The first kappa shape index (κ1) is 15.6. The summed E-state index contributed by atoms with van der Waals surface area (Å²) in [5, 5.41) is 0.0830. The fourth-order valence-corrected chi connectivity index (χ4v) is 4.05. The van der Waals surface area contributed by atoms with Gasteiger partial charge in [-0.2, -0.15) is 11.8 Å². The number of hydrogen-bond acceptors (Lipinski definition) is 4. The molecule has 0 radical (unpaired) electrons. The van der Waals surface area contributed by atoms with Crippen LogP contribution in [-0.2, 0) is 9.53 Å². The Morgan fingerprint density at radius 3 is 2.82 bits per heavy atom. The number of rotatable bonds is 5. The van der Waals surface area contributed by atoms with Crippen LogP contribution in [0.2, 0.25) is 0 Å². The molecule has 0 aromatic carbocycles. The summed E-state index contributed by atoms with van der Waals surface area (Å²) in [4.78, 5) is 16.3. The minimum absolute atomic E-state index is 0.0830. The maximum absolute atomic E-state index is 11.9. The Labute approximate surface area is 136 Å². The highest BCUT2D eigenvalue weighted by Crippen LogP contribution is 2.40. The van der Waals surface area contributed by atoms with Crippen molar-refractivity contribution in [3.05, 3.63) is 35.5 Å². The van der Waals surface area contributed by atoms with Crippen LogP contribution in [0.15, 0.2) is 40.4 Å². The smallest absolute Gasteiger partial charge is 0.332 e. The second-order valence-corrected chi connectivity index (χ2v) is 7.47. The summed E-state index contributed by atoms with van der Waals surface area (Å²) in [7, 11) is 1.43. The van der Waals surface area contributed by atoms with Crippen molar-refractivity contribution in [1.82, 2.24) is 0 Å². The number of ether oxygens (including phenoxy) is 1. The largest absolute Gasteiger partial charge is 0.467 e. The lowest BCUT2D eigenvalue weighted by Crippen LogP contribution is -2.33. The summed E-state index contributed by atoms with van der Waals surface area (Å²) in [6.45, 7) is 2.11. The van der Waals surface area contributed by atoms with E-state index in [4.69, 9.17) is 4.74 Å². The van der Waals surface area contributed by atoms with E-state index in [1.54, 1.807) is 11.8 Å². The number of carbonyl (C=O) groups is 1. The van der Waals surface area contributed by atoms with E-state index in [0.717, 1.165) is 18.1 Å². The average Bonchev–Trinajstić information content (AvgIpc) is 3.39. The van der Waals surface area contributed by atoms with Gasteiger partial charge in [0, 0.05) is 12.1 Å². The molecule has 0 bridgehead atoms. The van der Waals surface area contributed by atoms with Gasteiger partial charge in [0.05, 0.1) is 12.4 Å². The van der Waals surface area contributed by atoms with Gasteiger partial charge in [0.1, 0.15) is 0 Å². The van der Waals surface area contributed by atoms with Crippen LogP contribution in [-0.4, -0.2) is 36.3 Å². The van der Waals surface area contributed by atoms with Crippen LogP contribution in [0.5, 0.6) is 0 Å². The fraction of sp³-hybridized carbons (Fsp3) is 0.556. The Bertz CT molecular complexity index is 557. The molecule has 3 rings (SSSR count). The van der Waals surface area contributed by atoms with Gasteiger partial charge >= 0.3 is 5.97 Å². The monoisotopic (exact) mass is 317 g/mol. The first-order chi connectivity index (χ1) is 10.7. The van der Waals surface area contributed by atoms with Crippen LogP contribution in [0.1, 0.15) is 26.2 Å². The Balaban J connectivity index is 1.70. The van der Waals surface area contributed by atoms with Gasteiger partial charge in [-0.1, -0.05) is 31.2 Å². The van der Waals surface area contributed by atoms with Crippen LogP contribution in [0.3, 0.4) is 0 Å². The molecule has 1 heterocycles. The van der Waals surface area contributed by atoms with Crippen LogP contribution in [0.25, 0.3) is 0 Å². The summed E-state index contributed by atoms with van der Waals surface area (Å²) >= 11 is 1.76. The Hall–Kier alpha value is -1.29. The van der Waals surface area contributed by atoms with Gasteiger partial charge in [-0.3, -0.25) is 4.99 Å². The van der Waals surface area contributed by atoms with Crippen molar-refractivity contribution in [2.75, 3.05) is 12.9 Å². The van der Waals surface area contributed by atoms with Crippen molar-refractivity contribution in [2.24, 2.45) is 16.8 Å². The lowest BCUT2D eigenvalue weighted by Gasteiger charge is -2.26. The predicted octanol–water partition coefficient (Wildman–Crippen LogP) is 3.57. The first-order valence-corrected chi connectivity index (χ1v) is 9.10. The molecule has 118 valence electrons. The Morgan fingerprint density at radius 2 is 2.23 bits per heavy atom. The molecule has 0 N–H and O–H groups in total. The second kappa shape index (κ2) is 6.86. The third-order valence-corrected chi connectivity index (χ3v) is 5.57. The molecule has 1 saturated carbocycles. The third-order valence-electron chi connectivity index (χ3n) is 4.46. The maximum Gasteiger partial charge on any atom is 0.332 e. The summed E-state index contributed by atoms with van der Waals surface area (Å²) in [5.41, 5.74) is 2.74. The Kier molecular flexibility index (Phi) is 4.87. The first-order valence-electron chi connectivity index (χ1n) is 8.05. The maximum atomic E-state index is 11.9. The molecule has 0 aromatic heterocycles. The van der Waals surface area contributed by atoms with Gasteiger partial charge in [0.25, 0.3) is 0 Å². The van der Waals surface area contributed by atoms with Crippen molar-refractivity contribution < 1.29 is 9.53 Å². The number of hydrogen-bond donors (Lipinski definition) is 0. The van der Waals surface area contributed by atoms with Gasteiger partial charge in [0.15, 0.2) is 6.04 Å². The molecule has 3 nitrogen and oxygen atoms in total. The number of thioether (sulfide) groups is 1. The molecular weight excluding hydrogens is 294 g/mol. The van der Waals surface area contributed by atoms with Crippen LogP contribution >= 0.6 is 11.8 Å². The number of allylic oxidation sites excluding steroid dienone is 5. The average molecular weight is 317 g/mol. The van der Waals surface area contributed by atoms with Gasteiger partial charge in [-0.05, 0) is 42.1 Å². The van der Waals surface area contributed by atoms with E-state index in [2.05, 4.69) is 36.2 Å². The molecule has 1 fully saturated rings. The molecule has 0 saturated heterocycles. The molecule has 22 heavy (non-hydrogen) atoms. The van der Waals surface area contributed by atoms with E-state index in [9.17, 15) is 4.79 Å². The van der Waals surface area contributed by atoms with E-state index >= 15 is 0 Å². The predicted molar refractivity (Wildman–Crippen MR) is 92.4 cm³/mol. The minimum Gasteiger partial charge on any atom is -0.467 e. The second-order valence-electron chi connectivity index (χ2n) is 6.01. The molecule has 3 unspecified atom stereocenters. The summed E-state index contributed by atoms with van der Waals surface area (Å²) < 4.78 is 4.88. The molecular formula is C18H23NO2S. The topological polar surface area (TPSA) is 38.7 Å². The van der Waals surface area contributed by atoms with E-state index in [1.807, 2.05) is 6.21 Å². The number of aliphatic imine (C=N–C) groups is 1. The fourth-order valence-electron chi connectivity index (χ4n) is 3.05. The highest BCUT2D eigenvalue weighted by atomic mass is 32.2. The number of methoxy groups -OCH3 is 1. The van der Waals surface area contributed by atoms with Gasteiger partial charge < -0.3 is 4.74 Å². The van der Waals surface area contributed by atoms with E-state index in [1.165, 1.54) is 31.1 Å². The molecule has 3 aliphatic rings. The highest BCUT2D eigenvalue weighted by Gasteiger charge is 2.31. The molecule has 2 aliphatic carbocycles. The van der Waals surface area contributed by atoms with Crippen molar-refractivity contribution in [3.63, 3.8) is 0 Å². The van der Waals surface area contributed by atoms with E-state index in [0.29, 0.717) is 5.92 Å². The number of carbonyl (C=O) groups excluding carboxylic acids is 1. The van der Waals surface area contributed by atoms with E-state index in [-0.39, 0.29) is 11.2 Å². The van der Waals surface area contributed by atoms with Crippen LogP contribution < -0.4 is 0 Å². The normalized spacial score (nSPS) is 30.7.